The molecule has 0 saturated carbocycles. The first-order valence-electron chi connectivity index (χ1n) is 39.5. The van der Waals surface area contributed by atoms with E-state index in [0.717, 1.165) is 109 Å². The fourth-order valence-corrected chi connectivity index (χ4v) is 11.6. The van der Waals surface area contributed by atoms with Gasteiger partial charge in [0.25, 0.3) is 7.82 Å². The molecular formula is C86H148NO8P. The predicted octanol–water partition coefficient (Wildman–Crippen LogP) is 25.9. The van der Waals surface area contributed by atoms with Crippen molar-refractivity contribution >= 4 is 19.8 Å². The molecule has 0 aliphatic carbocycles. The molecule has 0 rings (SSSR count). The first-order chi connectivity index (χ1) is 47.0. The van der Waals surface area contributed by atoms with Crippen LogP contribution < -0.4 is 4.89 Å². The summed E-state index contributed by atoms with van der Waals surface area (Å²) in [7, 11) is 1.14. The lowest BCUT2D eigenvalue weighted by Crippen LogP contribution is -2.37. The van der Waals surface area contributed by atoms with Crippen molar-refractivity contribution in [1.82, 2.24) is 0 Å². The number of likely N-dealkylation sites (N-methyl/N-ethyl adjacent to an activating group) is 1. The predicted molar refractivity (Wildman–Crippen MR) is 415 cm³/mol. The van der Waals surface area contributed by atoms with Gasteiger partial charge in [-0.05, 0) is 122 Å². The summed E-state index contributed by atoms with van der Waals surface area (Å²) in [6, 6.07) is 0. The quantitative estimate of drug-likeness (QED) is 0.0195. The first kappa shape index (κ1) is 91.9. The van der Waals surface area contributed by atoms with Crippen LogP contribution in [0, 0.1) is 0 Å². The highest BCUT2D eigenvalue weighted by Gasteiger charge is 2.22. The van der Waals surface area contributed by atoms with Crippen LogP contribution in [0.4, 0.5) is 0 Å². The Morgan fingerprint density at radius 1 is 0.333 bits per heavy atom. The van der Waals surface area contributed by atoms with Gasteiger partial charge < -0.3 is 27.9 Å². The van der Waals surface area contributed by atoms with Crippen molar-refractivity contribution in [3.05, 3.63) is 146 Å². The van der Waals surface area contributed by atoms with Gasteiger partial charge in [-0.1, -0.05) is 346 Å². The summed E-state index contributed by atoms with van der Waals surface area (Å²) >= 11 is 0. The molecule has 0 heterocycles. The highest BCUT2D eigenvalue weighted by atomic mass is 31.2. The van der Waals surface area contributed by atoms with Gasteiger partial charge in [0, 0.05) is 12.8 Å². The van der Waals surface area contributed by atoms with Crippen molar-refractivity contribution in [3.8, 4) is 0 Å². The number of hydrogen-bond donors (Lipinski definition) is 0. The second kappa shape index (κ2) is 75.1. The Kier molecular flexibility index (Phi) is 71.9. The van der Waals surface area contributed by atoms with Crippen molar-refractivity contribution in [2.24, 2.45) is 0 Å². The van der Waals surface area contributed by atoms with E-state index in [9.17, 15) is 19.0 Å². The minimum atomic E-state index is -4.66. The lowest BCUT2D eigenvalue weighted by molar-refractivity contribution is -0.870. The minimum Gasteiger partial charge on any atom is -0.756 e. The highest BCUT2D eigenvalue weighted by molar-refractivity contribution is 7.45. The topological polar surface area (TPSA) is 111 Å². The summed E-state index contributed by atoms with van der Waals surface area (Å²) in [5.41, 5.74) is 0. The van der Waals surface area contributed by atoms with Crippen molar-refractivity contribution < 1.29 is 42.1 Å². The van der Waals surface area contributed by atoms with Gasteiger partial charge in [-0.15, -0.1) is 0 Å². The van der Waals surface area contributed by atoms with Crippen LogP contribution in [0.2, 0.25) is 0 Å². The largest absolute Gasteiger partial charge is 0.756 e. The zero-order valence-corrected chi connectivity index (χ0v) is 63.7. The molecule has 0 N–H and O–H groups in total. The molecule has 550 valence electrons. The van der Waals surface area contributed by atoms with E-state index >= 15 is 0 Å². The third-order valence-electron chi connectivity index (χ3n) is 16.8. The summed E-state index contributed by atoms with van der Waals surface area (Å²) in [5, 5.41) is 0. The number of hydrogen-bond acceptors (Lipinski definition) is 8. The van der Waals surface area contributed by atoms with E-state index in [1.807, 2.05) is 21.1 Å². The van der Waals surface area contributed by atoms with E-state index in [1.54, 1.807) is 0 Å². The maximum absolute atomic E-state index is 12.9. The number of rotatable bonds is 72. The number of phosphoric ester groups is 1. The van der Waals surface area contributed by atoms with Gasteiger partial charge in [0.15, 0.2) is 6.10 Å². The second-order valence-corrected chi connectivity index (χ2v) is 28.8. The van der Waals surface area contributed by atoms with Crippen molar-refractivity contribution in [1.29, 1.82) is 0 Å². The lowest BCUT2D eigenvalue weighted by atomic mass is 10.0. The monoisotopic (exact) mass is 1350 g/mol. The summed E-state index contributed by atoms with van der Waals surface area (Å²) in [6.07, 6.45) is 111. The van der Waals surface area contributed by atoms with E-state index in [-0.39, 0.29) is 26.1 Å². The number of allylic oxidation sites excluding steroid dienone is 24. The maximum atomic E-state index is 12.9. The lowest BCUT2D eigenvalue weighted by Gasteiger charge is -2.28. The Morgan fingerprint density at radius 3 is 0.896 bits per heavy atom. The smallest absolute Gasteiger partial charge is 0.306 e. The van der Waals surface area contributed by atoms with Crippen molar-refractivity contribution in [2.45, 2.75) is 341 Å². The fourth-order valence-electron chi connectivity index (χ4n) is 10.8. The number of quaternary nitrogens is 1. The highest BCUT2D eigenvalue weighted by Crippen LogP contribution is 2.38. The minimum absolute atomic E-state index is 0.0436. The van der Waals surface area contributed by atoms with E-state index in [4.69, 9.17) is 18.5 Å². The Labute approximate surface area is 593 Å². The summed E-state index contributed by atoms with van der Waals surface area (Å²) in [6.45, 7) is 4.09. The van der Waals surface area contributed by atoms with Gasteiger partial charge in [-0.3, -0.25) is 14.2 Å². The summed E-state index contributed by atoms with van der Waals surface area (Å²) in [4.78, 5) is 38.1. The normalized spacial score (nSPS) is 13.9. The Morgan fingerprint density at radius 2 is 0.594 bits per heavy atom. The first-order valence-corrected chi connectivity index (χ1v) is 41.0. The SMILES string of the molecule is CC/C=C\C/C=C\C/C=C\C/C=C\C/C=C\C/C=C\C/C=C\C/C=C\C/C=C\CCCCCC(=O)OC(COC(=O)CCCCCCCCCCCCCCCCCCCCCCCCCCCC/C=C\C/C=C\C/C=C\CCCCCCC)COP(=O)([O-])OCC[N+](C)(C)C. The molecule has 9 nitrogen and oxygen atoms in total. The molecule has 0 fully saturated rings. The number of ether oxygens (including phenoxy) is 2. The van der Waals surface area contributed by atoms with Gasteiger partial charge in [0.05, 0.1) is 27.7 Å². The molecule has 0 aromatic rings. The van der Waals surface area contributed by atoms with E-state index < -0.39 is 32.5 Å². The van der Waals surface area contributed by atoms with Crippen LogP contribution >= 0.6 is 7.82 Å². The zero-order valence-electron chi connectivity index (χ0n) is 62.8. The number of esters is 2. The van der Waals surface area contributed by atoms with E-state index in [2.05, 4.69) is 160 Å². The molecule has 0 aliphatic rings. The average molecular weight is 1360 g/mol. The number of carbonyl (C=O) groups is 2. The third kappa shape index (κ3) is 78.9. The Bertz CT molecular complexity index is 2140. The summed E-state index contributed by atoms with van der Waals surface area (Å²) in [5.74, 6) is -0.870. The molecule has 10 heteroatoms. The molecule has 0 aromatic carbocycles. The molecular weight excluding hydrogens is 1210 g/mol. The molecule has 0 bridgehead atoms. The molecule has 2 unspecified atom stereocenters. The molecule has 0 amide bonds. The van der Waals surface area contributed by atoms with Gasteiger partial charge >= 0.3 is 11.9 Å². The molecule has 96 heavy (non-hydrogen) atoms. The van der Waals surface area contributed by atoms with Crippen molar-refractivity contribution in [2.75, 3.05) is 47.5 Å². The van der Waals surface area contributed by atoms with Gasteiger partial charge in [0.1, 0.15) is 19.8 Å². The van der Waals surface area contributed by atoms with Crippen molar-refractivity contribution in [3.63, 3.8) is 0 Å². The van der Waals surface area contributed by atoms with Gasteiger partial charge in [0.2, 0.25) is 0 Å². The Balaban J connectivity index is 4.01. The molecule has 0 saturated heterocycles. The third-order valence-corrected chi connectivity index (χ3v) is 17.8. The number of nitrogens with zero attached hydrogens (tertiary/aromatic N) is 1. The molecule has 0 spiro atoms. The molecule has 0 aliphatic heterocycles. The number of phosphoric acid groups is 1. The van der Waals surface area contributed by atoms with Crippen LogP contribution in [0.15, 0.2) is 146 Å². The Hall–Kier alpha value is -4.11. The van der Waals surface area contributed by atoms with Crippen LogP contribution in [0.5, 0.6) is 0 Å². The van der Waals surface area contributed by atoms with Crippen LogP contribution in [0.1, 0.15) is 335 Å². The average Bonchev–Trinajstić information content (AvgIpc) is 1.97. The standard InChI is InChI=1S/C86H148NO8P/c1-6-8-10-12-14-16-18-20-22-24-26-28-30-32-34-36-38-39-40-41-42-43-44-45-46-47-49-50-52-54-56-58-60-62-64-66-68-70-72-74-76-78-85(88)92-82-84(83-94-96(90,91)93-81-80-87(3,4)5)95-86(89)79-77-75-73-71-69-67-65-63-61-59-57-55-53-51-48-37-35-33-31-29-27-25-23-21-19-17-15-13-11-9-7-2/h9,11,15,17-18,20-21,23-24,26-27,29-30,32-33,35,48,51,55,57,61,63,67,69,84H,6-8,10,12-14,16,19,22,25,28,31,34,36-47,49-50,52-54,56,58-60,62,64-66,68,70-83H2,1-5H3/b11-9-,17-15-,20-18-,23-21-,26-24-,29-27-,32-30-,35-33-,51-48-,57-55-,63-61-,69-67-. The van der Waals surface area contributed by atoms with Crippen LogP contribution in [-0.4, -0.2) is 70.0 Å². The molecule has 0 aromatic heterocycles. The maximum Gasteiger partial charge on any atom is 0.306 e. The number of carbonyl (C=O) groups excluding carboxylic acids is 2. The van der Waals surface area contributed by atoms with Gasteiger partial charge in [-0.2, -0.15) is 0 Å². The van der Waals surface area contributed by atoms with E-state index in [1.165, 1.54) is 193 Å². The fraction of sp³-hybridized carbons (Fsp3) is 0.698. The van der Waals surface area contributed by atoms with E-state index in [0.29, 0.717) is 17.4 Å². The zero-order chi connectivity index (χ0) is 69.7. The molecule has 0 radical (unpaired) electrons. The van der Waals surface area contributed by atoms with Crippen LogP contribution in [0.25, 0.3) is 0 Å². The second-order valence-electron chi connectivity index (χ2n) is 27.3. The van der Waals surface area contributed by atoms with Crippen LogP contribution in [0.3, 0.4) is 0 Å². The molecule has 2 atom stereocenters. The van der Waals surface area contributed by atoms with Gasteiger partial charge in [-0.25, -0.2) is 0 Å². The number of unbranched alkanes of at least 4 members (excludes halogenated alkanes) is 34. The summed E-state index contributed by atoms with van der Waals surface area (Å²) < 4.78 is 34.3. The van der Waals surface area contributed by atoms with Crippen LogP contribution in [-0.2, 0) is 32.7 Å².